The van der Waals surface area contributed by atoms with Gasteiger partial charge in [-0.15, -0.1) is 10.2 Å². The SMILES string of the molecule is O=C(C1Cc2cc(Cl)ccc2O1)N(Cc1nnc(-c2ccc(Cl)cc2)o1)C1CC1. The third kappa shape index (κ3) is 3.82. The summed E-state index contributed by atoms with van der Waals surface area (Å²) in [6.07, 6.45) is 1.89. The Hall–Kier alpha value is -2.57. The van der Waals surface area contributed by atoms with Gasteiger partial charge in [-0.05, 0) is 60.9 Å². The molecule has 1 fully saturated rings. The summed E-state index contributed by atoms with van der Waals surface area (Å²) in [7, 11) is 0. The van der Waals surface area contributed by atoms with Crippen LogP contribution < -0.4 is 4.74 Å². The van der Waals surface area contributed by atoms with E-state index in [2.05, 4.69) is 10.2 Å². The highest BCUT2D eigenvalue weighted by atomic mass is 35.5. The zero-order valence-electron chi connectivity index (χ0n) is 15.3. The third-order valence-corrected chi connectivity index (χ3v) is 5.59. The standard InChI is InChI=1S/C21H17Cl2N3O3/c22-14-3-1-12(2-4-14)20-25-24-19(29-20)11-26(16-6-7-16)21(27)18-10-13-9-15(23)5-8-17(13)28-18/h1-5,8-9,16,18H,6-7,10-11H2. The van der Waals surface area contributed by atoms with Gasteiger partial charge in [0.05, 0.1) is 6.54 Å². The molecule has 0 N–H and O–H groups in total. The van der Waals surface area contributed by atoms with E-state index in [-0.39, 0.29) is 18.5 Å². The Morgan fingerprint density at radius 3 is 2.59 bits per heavy atom. The van der Waals surface area contributed by atoms with Crippen LogP contribution in [0.15, 0.2) is 46.9 Å². The Bertz CT molecular complexity index is 1060. The molecule has 1 saturated carbocycles. The number of hydrogen-bond acceptors (Lipinski definition) is 5. The molecule has 8 heteroatoms. The van der Waals surface area contributed by atoms with Crippen LogP contribution in [0.1, 0.15) is 24.3 Å². The molecule has 29 heavy (non-hydrogen) atoms. The van der Waals surface area contributed by atoms with Crippen LogP contribution >= 0.6 is 23.2 Å². The highest BCUT2D eigenvalue weighted by molar-refractivity contribution is 6.31. The van der Waals surface area contributed by atoms with Gasteiger partial charge in [-0.25, -0.2) is 0 Å². The molecule has 0 saturated heterocycles. The zero-order valence-corrected chi connectivity index (χ0v) is 16.9. The lowest BCUT2D eigenvalue weighted by atomic mass is 10.1. The van der Waals surface area contributed by atoms with Crippen molar-refractivity contribution in [2.45, 2.75) is 38.0 Å². The number of aromatic nitrogens is 2. The molecule has 1 aliphatic carbocycles. The van der Waals surface area contributed by atoms with Crippen molar-refractivity contribution in [2.75, 3.05) is 0 Å². The second-order valence-electron chi connectivity index (χ2n) is 7.27. The summed E-state index contributed by atoms with van der Waals surface area (Å²) in [5.41, 5.74) is 1.73. The molecule has 2 aliphatic rings. The zero-order chi connectivity index (χ0) is 20.0. The van der Waals surface area contributed by atoms with Gasteiger partial charge in [-0.1, -0.05) is 23.2 Å². The summed E-state index contributed by atoms with van der Waals surface area (Å²) in [4.78, 5) is 15.0. The molecule has 5 rings (SSSR count). The maximum Gasteiger partial charge on any atom is 0.264 e. The van der Waals surface area contributed by atoms with E-state index in [4.69, 9.17) is 32.4 Å². The Morgan fingerprint density at radius 2 is 1.83 bits per heavy atom. The number of nitrogens with zero attached hydrogens (tertiary/aromatic N) is 3. The first-order chi connectivity index (χ1) is 14.1. The van der Waals surface area contributed by atoms with E-state index in [9.17, 15) is 4.79 Å². The predicted molar refractivity (Wildman–Crippen MR) is 108 cm³/mol. The fraction of sp³-hybridized carbons (Fsp3) is 0.286. The van der Waals surface area contributed by atoms with Crippen LogP contribution in [0, 0.1) is 0 Å². The van der Waals surface area contributed by atoms with E-state index in [0.29, 0.717) is 34.0 Å². The third-order valence-electron chi connectivity index (χ3n) is 5.11. The lowest BCUT2D eigenvalue weighted by Crippen LogP contribution is -2.42. The Labute approximate surface area is 177 Å². The number of benzene rings is 2. The maximum atomic E-state index is 13.2. The van der Waals surface area contributed by atoms with Crippen molar-refractivity contribution in [3.8, 4) is 17.2 Å². The fourth-order valence-electron chi connectivity index (χ4n) is 3.49. The average Bonchev–Trinajstić information content (AvgIpc) is 3.30. The fourth-order valence-corrected chi connectivity index (χ4v) is 3.81. The molecule has 0 spiro atoms. The smallest absolute Gasteiger partial charge is 0.264 e. The molecule has 0 radical (unpaired) electrons. The number of fused-ring (bicyclic) bond motifs is 1. The summed E-state index contributed by atoms with van der Waals surface area (Å²) in [5, 5.41) is 9.50. The van der Waals surface area contributed by atoms with Gasteiger partial charge in [0.25, 0.3) is 5.91 Å². The normalized spacial score (nSPS) is 17.7. The van der Waals surface area contributed by atoms with E-state index < -0.39 is 6.10 Å². The number of carbonyl (C=O) groups excluding carboxylic acids is 1. The van der Waals surface area contributed by atoms with Crippen molar-refractivity contribution in [3.05, 3.63) is 64.0 Å². The van der Waals surface area contributed by atoms with Crippen LogP contribution in [0.2, 0.25) is 10.0 Å². The molecule has 1 unspecified atom stereocenters. The first-order valence-electron chi connectivity index (χ1n) is 9.41. The topological polar surface area (TPSA) is 68.5 Å². The van der Waals surface area contributed by atoms with Crippen LogP contribution in [0.5, 0.6) is 5.75 Å². The largest absolute Gasteiger partial charge is 0.480 e. The molecule has 1 amide bonds. The van der Waals surface area contributed by atoms with Gasteiger partial charge in [0.2, 0.25) is 11.8 Å². The number of amides is 1. The molecule has 1 aromatic heterocycles. The molecule has 3 aromatic rings. The molecular weight excluding hydrogens is 413 g/mol. The molecule has 1 atom stereocenters. The molecule has 0 bridgehead atoms. The minimum absolute atomic E-state index is 0.0638. The van der Waals surface area contributed by atoms with Gasteiger partial charge in [-0.3, -0.25) is 4.79 Å². The van der Waals surface area contributed by atoms with Gasteiger partial charge in [0, 0.05) is 28.1 Å². The van der Waals surface area contributed by atoms with Crippen LogP contribution in [-0.4, -0.2) is 33.2 Å². The van der Waals surface area contributed by atoms with Crippen molar-refractivity contribution >= 4 is 29.1 Å². The lowest BCUT2D eigenvalue weighted by molar-refractivity contribution is -0.139. The highest BCUT2D eigenvalue weighted by Crippen LogP contribution is 2.35. The first-order valence-corrected chi connectivity index (χ1v) is 10.2. The number of carbonyl (C=O) groups is 1. The second-order valence-corrected chi connectivity index (χ2v) is 8.14. The van der Waals surface area contributed by atoms with Crippen molar-refractivity contribution in [2.24, 2.45) is 0 Å². The number of rotatable bonds is 5. The summed E-state index contributed by atoms with van der Waals surface area (Å²) in [6, 6.07) is 12.8. The van der Waals surface area contributed by atoms with Crippen molar-refractivity contribution in [1.82, 2.24) is 15.1 Å². The van der Waals surface area contributed by atoms with Crippen molar-refractivity contribution in [3.63, 3.8) is 0 Å². The minimum Gasteiger partial charge on any atom is -0.480 e. The summed E-state index contributed by atoms with van der Waals surface area (Å²) < 4.78 is 11.7. The molecule has 148 valence electrons. The minimum atomic E-state index is -0.553. The van der Waals surface area contributed by atoms with E-state index in [1.165, 1.54) is 0 Å². The lowest BCUT2D eigenvalue weighted by Gasteiger charge is -2.23. The quantitative estimate of drug-likeness (QED) is 0.595. The van der Waals surface area contributed by atoms with Crippen LogP contribution in [0.25, 0.3) is 11.5 Å². The van der Waals surface area contributed by atoms with Gasteiger partial charge < -0.3 is 14.1 Å². The monoisotopic (exact) mass is 429 g/mol. The van der Waals surface area contributed by atoms with Gasteiger partial charge in [0.1, 0.15) is 5.75 Å². The number of halogens is 2. The summed E-state index contributed by atoms with van der Waals surface area (Å²) in [5.74, 6) is 1.45. The Morgan fingerprint density at radius 1 is 1.07 bits per heavy atom. The highest BCUT2D eigenvalue weighted by Gasteiger charge is 2.40. The summed E-state index contributed by atoms with van der Waals surface area (Å²) in [6.45, 7) is 0.265. The van der Waals surface area contributed by atoms with E-state index in [1.807, 2.05) is 24.3 Å². The Kier molecular flexibility index (Phi) is 4.68. The summed E-state index contributed by atoms with van der Waals surface area (Å²) >= 11 is 12.0. The van der Waals surface area contributed by atoms with Crippen LogP contribution in [0.4, 0.5) is 0 Å². The Balaban J connectivity index is 1.31. The van der Waals surface area contributed by atoms with Crippen molar-refractivity contribution in [1.29, 1.82) is 0 Å². The molecule has 1 aliphatic heterocycles. The molecule has 2 aromatic carbocycles. The average molecular weight is 430 g/mol. The van der Waals surface area contributed by atoms with E-state index in [0.717, 1.165) is 24.0 Å². The van der Waals surface area contributed by atoms with Gasteiger partial charge in [0.15, 0.2) is 6.10 Å². The van der Waals surface area contributed by atoms with E-state index in [1.54, 1.807) is 23.1 Å². The molecule has 2 heterocycles. The number of ether oxygens (including phenoxy) is 1. The predicted octanol–water partition coefficient (Wildman–Crippen LogP) is 4.54. The number of hydrogen-bond donors (Lipinski definition) is 0. The van der Waals surface area contributed by atoms with Crippen molar-refractivity contribution < 1.29 is 13.9 Å². The second kappa shape index (κ2) is 7.35. The molecule has 6 nitrogen and oxygen atoms in total. The van der Waals surface area contributed by atoms with Gasteiger partial charge in [-0.2, -0.15) is 0 Å². The maximum absolute atomic E-state index is 13.2. The van der Waals surface area contributed by atoms with Crippen LogP contribution in [0.3, 0.4) is 0 Å². The van der Waals surface area contributed by atoms with E-state index >= 15 is 0 Å². The first kappa shape index (κ1) is 18.5. The van der Waals surface area contributed by atoms with Crippen LogP contribution in [-0.2, 0) is 17.8 Å². The van der Waals surface area contributed by atoms with Gasteiger partial charge >= 0.3 is 0 Å². The molecular formula is C21H17Cl2N3O3.